The van der Waals surface area contributed by atoms with Crippen LogP contribution in [-0.4, -0.2) is 82.0 Å². The minimum Gasteiger partial charge on any atom is -0.381 e. The van der Waals surface area contributed by atoms with Crippen molar-refractivity contribution in [3.63, 3.8) is 0 Å². The van der Waals surface area contributed by atoms with Gasteiger partial charge in [0.15, 0.2) is 5.96 Å². The summed E-state index contributed by atoms with van der Waals surface area (Å²) in [5, 5.41) is 6.20. The number of nitrogens with zero attached hydrogens (tertiary/aromatic N) is 3. The molecule has 2 aliphatic rings. The minimum absolute atomic E-state index is 0. The van der Waals surface area contributed by atoms with Crippen molar-refractivity contribution in [3.05, 3.63) is 48.0 Å². The first-order valence-corrected chi connectivity index (χ1v) is 11.6. The Balaban J connectivity index is 0.00000289. The van der Waals surface area contributed by atoms with Crippen molar-refractivity contribution < 1.29 is 9.47 Å². The largest absolute Gasteiger partial charge is 0.381 e. The number of aliphatic imine (C=N–C) groups is 1. The summed E-state index contributed by atoms with van der Waals surface area (Å²) in [6.45, 7) is 9.37. The summed E-state index contributed by atoms with van der Waals surface area (Å²) in [6, 6.07) is 15.3. The number of halogens is 1. The highest BCUT2D eigenvalue weighted by Crippen LogP contribution is 2.20. The van der Waals surface area contributed by atoms with Crippen LogP contribution in [-0.2, 0) is 16.0 Å². The summed E-state index contributed by atoms with van der Waals surface area (Å²) < 4.78 is 11.2. The van der Waals surface area contributed by atoms with E-state index in [4.69, 9.17) is 9.47 Å². The molecule has 0 aromatic heterocycles. The zero-order chi connectivity index (χ0) is 21.3. The maximum Gasteiger partial charge on any atom is 0.193 e. The zero-order valence-electron chi connectivity index (χ0n) is 19.2. The number of piperazine rings is 1. The van der Waals surface area contributed by atoms with E-state index in [2.05, 4.69) is 62.6 Å². The minimum atomic E-state index is 0. The number of nitrogens with one attached hydrogen (secondary N) is 1. The number of hydrogen-bond donors (Lipinski definition) is 1. The standard InChI is InChI=1S/C25H36N4O2.HI/c1-26-25(27-11-5-16-30-19-21-10-17-31-20-21)29-14-12-28(13-15-29)18-23-8-4-7-22-6-2-3-9-24(22)23;/h2-4,6-9,21H,5,10-20H2,1H3,(H,26,27);1H. The van der Waals surface area contributed by atoms with Crippen LogP contribution >= 0.6 is 24.0 Å². The molecule has 4 rings (SSSR count). The summed E-state index contributed by atoms with van der Waals surface area (Å²) in [4.78, 5) is 9.42. The van der Waals surface area contributed by atoms with Gasteiger partial charge in [-0.3, -0.25) is 9.89 Å². The van der Waals surface area contributed by atoms with Crippen LogP contribution in [0.15, 0.2) is 47.5 Å². The van der Waals surface area contributed by atoms with Gasteiger partial charge in [0.05, 0.1) is 13.2 Å². The molecule has 0 spiro atoms. The predicted molar refractivity (Wildman–Crippen MR) is 142 cm³/mol. The maximum atomic E-state index is 5.80. The van der Waals surface area contributed by atoms with E-state index in [1.807, 2.05) is 7.05 Å². The Labute approximate surface area is 209 Å². The third kappa shape index (κ3) is 7.04. The number of hydrogen-bond acceptors (Lipinski definition) is 4. The Hall–Kier alpha value is -1.42. The van der Waals surface area contributed by atoms with Gasteiger partial charge in [-0.25, -0.2) is 0 Å². The van der Waals surface area contributed by atoms with Gasteiger partial charge < -0.3 is 19.7 Å². The predicted octanol–water partition coefficient (Wildman–Crippen LogP) is 3.59. The number of benzene rings is 2. The van der Waals surface area contributed by atoms with E-state index in [1.165, 1.54) is 16.3 Å². The summed E-state index contributed by atoms with van der Waals surface area (Å²) in [7, 11) is 1.88. The molecule has 32 heavy (non-hydrogen) atoms. The number of guanidine groups is 1. The smallest absolute Gasteiger partial charge is 0.193 e. The van der Waals surface area contributed by atoms with E-state index in [1.54, 1.807) is 0 Å². The Kier molecular flexibility index (Phi) is 10.5. The van der Waals surface area contributed by atoms with Crippen molar-refractivity contribution in [3.8, 4) is 0 Å². The van der Waals surface area contributed by atoms with Crippen LogP contribution in [0, 0.1) is 5.92 Å². The fourth-order valence-electron chi connectivity index (χ4n) is 4.46. The third-order valence-corrected chi connectivity index (χ3v) is 6.28. The zero-order valence-corrected chi connectivity index (χ0v) is 21.5. The van der Waals surface area contributed by atoms with E-state index < -0.39 is 0 Å². The highest BCUT2D eigenvalue weighted by molar-refractivity contribution is 14.0. The first-order valence-electron chi connectivity index (χ1n) is 11.6. The maximum absolute atomic E-state index is 5.80. The van der Waals surface area contributed by atoms with E-state index >= 15 is 0 Å². The SMILES string of the molecule is CN=C(NCCCOCC1CCOC1)N1CCN(Cc2cccc3ccccc23)CC1.I. The number of ether oxygens (including phenoxy) is 2. The lowest BCUT2D eigenvalue weighted by molar-refractivity contribution is 0.0886. The topological polar surface area (TPSA) is 49.3 Å². The second-order valence-electron chi connectivity index (χ2n) is 8.53. The molecule has 0 radical (unpaired) electrons. The first kappa shape index (κ1) is 25.2. The first-order chi connectivity index (χ1) is 15.3. The van der Waals surface area contributed by atoms with Crippen LogP contribution in [0.4, 0.5) is 0 Å². The van der Waals surface area contributed by atoms with Crippen molar-refractivity contribution in [2.45, 2.75) is 19.4 Å². The molecule has 1 unspecified atom stereocenters. The van der Waals surface area contributed by atoms with Crippen molar-refractivity contribution in [1.29, 1.82) is 0 Å². The number of rotatable bonds is 8. The van der Waals surface area contributed by atoms with Crippen molar-refractivity contribution in [1.82, 2.24) is 15.1 Å². The molecule has 2 aromatic rings. The highest BCUT2D eigenvalue weighted by Gasteiger charge is 2.20. The van der Waals surface area contributed by atoms with Crippen LogP contribution < -0.4 is 5.32 Å². The summed E-state index contributed by atoms with van der Waals surface area (Å²) in [5.41, 5.74) is 1.42. The van der Waals surface area contributed by atoms with Gasteiger partial charge in [-0.05, 0) is 29.2 Å². The monoisotopic (exact) mass is 552 g/mol. The van der Waals surface area contributed by atoms with Crippen LogP contribution in [0.5, 0.6) is 0 Å². The molecule has 2 fully saturated rings. The highest BCUT2D eigenvalue weighted by atomic mass is 127. The molecule has 0 amide bonds. The van der Waals surface area contributed by atoms with Gasteiger partial charge in [0.1, 0.15) is 0 Å². The molecular weight excluding hydrogens is 515 g/mol. The fourth-order valence-corrected chi connectivity index (χ4v) is 4.46. The van der Waals surface area contributed by atoms with Crippen molar-refractivity contribution in [2.75, 3.05) is 66.2 Å². The molecule has 1 atom stereocenters. The average Bonchev–Trinajstić information content (AvgIpc) is 3.33. The van der Waals surface area contributed by atoms with Crippen LogP contribution in [0.25, 0.3) is 10.8 Å². The number of fused-ring (bicyclic) bond motifs is 1. The summed E-state index contributed by atoms with van der Waals surface area (Å²) >= 11 is 0. The van der Waals surface area contributed by atoms with Gasteiger partial charge in [-0.2, -0.15) is 0 Å². The second-order valence-corrected chi connectivity index (χ2v) is 8.53. The molecule has 7 heteroatoms. The van der Waals surface area contributed by atoms with Gasteiger partial charge in [0.25, 0.3) is 0 Å². The normalized spacial score (nSPS) is 19.8. The fraction of sp³-hybridized carbons (Fsp3) is 0.560. The Morgan fingerprint density at radius 3 is 2.72 bits per heavy atom. The van der Waals surface area contributed by atoms with E-state index in [0.29, 0.717) is 5.92 Å². The molecule has 6 nitrogen and oxygen atoms in total. The molecule has 2 aromatic carbocycles. The summed E-state index contributed by atoms with van der Waals surface area (Å²) in [5.74, 6) is 1.60. The molecule has 176 valence electrons. The van der Waals surface area contributed by atoms with Crippen LogP contribution in [0.1, 0.15) is 18.4 Å². The second kappa shape index (κ2) is 13.3. The quantitative estimate of drug-likeness (QED) is 0.235. The van der Waals surface area contributed by atoms with Gasteiger partial charge in [-0.1, -0.05) is 42.5 Å². The average molecular weight is 553 g/mol. The molecular formula is C25H37IN4O2. The van der Waals surface area contributed by atoms with Gasteiger partial charge >= 0.3 is 0 Å². The van der Waals surface area contributed by atoms with Crippen LogP contribution in [0.2, 0.25) is 0 Å². The van der Waals surface area contributed by atoms with Crippen molar-refractivity contribution >= 4 is 40.7 Å². The van der Waals surface area contributed by atoms with Gasteiger partial charge in [0, 0.05) is 65.4 Å². The van der Waals surface area contributed by atoms with Gasteiger partial charge in [0.2, 0.25) is 0 Å². The molecule has 0 aliphatic carbocycles. The lowest BCUT2D eigenvalue weighted by Crippen LogP contribution is -2.52. The van der Waals surface area contributed by atoms with Crippen LogP contribution in [0.3, 0.4) is 0 Å². The van der Waals surface area contributed by atoms with E-state index in [9.17, 15) is 0 Å². The molecule has 0 saturated carbocycles. The third-order valence-electron chi connectivity index (χ3n) is 6.28. The molecule has 2 aliphatic heterocycles. The molecule has 0 bridgehead atoms. The Morgan fingerprint density at radius 1 is 1.12 bits per heavy atom. The lowest BCUT2D eigenvalue weighted by Gasteiger charge is -2.36. The van der Waals surface area contributed by atoms with E-state index in [-0.39, 0.29) is 24.0 Å². The Morgan fingerprint density at radius 2 is 1.94 bits per heavy atom. The Bertz CT molecular complexity index is 843. The van der Waals surface area contributed by atoms with Crippen molar-refractivity contribution in [2.24, 2.45) is 10.9 Å². The molecule has 2 saturated heterocycles. The van der Waals surface area contributed by atoms with Gasteiger partial charge in [-0.15, -0.1) is 24.0 Å². The summed E-state index contributed by atoms with van der Waals surface area (Å²) in [6.07, 6.45) is 2.13. The van der Waals surface area contributed by atoms with E-state index in [0.717, 1.165) is 84.5 Å². The molecule has 2 heterocycles. The lowest BCUT2D eigenvalue weighted by atomic mass is 10.0. The molecule has 1 N–H and O–H groups in total.